The molecule has 1 saturated heterocycles. The van der Waals surface area contributed by atoms with E-state index in [1.807, 2.05) is 12.1 Å². The van der Waals surface area contributed by atoms with Gasteiger partial charge in [-0.2, -0.15) is 0 Å². The van der Waals surface area contributed by atoms with E-state index in [0.717, 1.165) is 14.9 Å². The number of amides is 1. The van der Waals surface area contributed by atoms with Gasteiger partial charge in [0.2, 0.25) is 0 Å². The normalized spacial score (nSPS) is 18.2. The van der Waals surface area contributed by atoms with E-state index in [0.29, 0.717) is 41.5 Å². The van der Waals surface area contributed by atoms with Crippen molar-refractivity contribution in [2.75, 3.05) is 24.7 Å². The second kappa shape index (κ2) is 10.1. The molecule has 0 spiro atoms. The minimum Gasteiger partial charge on any atom is -0.507 e. The summed E-state index contributed by atoms with van der Waals surface area (Å²) in [4.78, 5) is 45.1. The maximum atomic E-state index is 13.4. The van der Waals surface area contributed by atoms with Gasteiger partial charge in [-0.1, -0.05) is 23.5 Å². The lowest BCUT2D eigenvalue weighted by atomic mass is 9.95. The van der Waals surface area contributed by atoms with Gasteiger partial charge in [0.25, 0.3) is 5.78 Å². The van der Waals surface area contributed by atoms with Crippen molar-refractivity contribution in [3.8, 4) is 11.5 Å². The highest BCUT2D eigenvalue weighted by atomic mass is 127. The third-order valence-electron chi connectivity index (χ3n) is 5.90. The second-order valence-electron chi connectivity index (χ2n) is 8.21. The number of aromatic nitrogens is 1. The molecule has 1 amide bonds. The van der Waals surface area contributed by atoms with Crippen LogP contribution in [-0.2, 0) is 14.3 Å². The Morgan fingerprint density at radius 1 is 1.16 bits per heavy atom. The first-order chi connectivity index (χ1) is 17.8. The van der Waals surface area contributed by atoms with Gasteiger partial charge in [-0.15, -0.1) is 0 Å². The van der Waals surface area contributed by atoms with Crippen molar-refractivity contribution in [3.05, 3.63) is 73.3 Å². The summed E-state index contributed by atoms with van der Waals surface area (Å²) in [6.45, 7) is 4.29. The van der Waals surface area contributed by atoms with Crippen molar-refractivity contribution in [1.82, 2.24) is 4.98 Å². The second-order valence-corrected chi connectivity index (χ2v) is 10.4. The highest BCUT2D eigenvalue weighted by Crippen LogP contribution is 2.44. The number of nitrogens with zero attached hydrogens (tertiary/aromatic N) is 2. The van der Waals surface area contributed by atoms with E-state index in [-0.39, 0.29) is 27.9 Å². The number of anilines is 1. The van der Waals surface area contributed by atoms with E-state index in [2.05, 4.69) is 27.6 Å². The van der Waals surface area contributed by atoms with Gasteiger partial charge < -0.3 is 19.3 Å². The number of ketones is 1. The van der Waals surface area contributed by atoms with Crippen LogP contribution >= 0.6 is 33.9 Å². The van der Waals surface area contributed by atoms with Crippen LogP contribution in [0.5, 0.6) is 11.5 Å². The predicted molar refractivity (Wildman–Crippen MR) is 144 cm³/mol. The van der Waals surface area contributed by atoms with Crippen molar-refractivity contribution >= 4 is 62.5 Å². The molecule has 0 aliphatic carbocycles. The van der Waals surface area contributed by atoms with Gasteiger partial charge in [0, 0.05) is 9.13 Å². The average molecular weight is 632 g/mol. The molecule has 9 nitrogen and oxygen atoms in total. The predicted octanol–water partition coefficient (Wildman–Crippen LogP) is 4.63. The molecule has 11 heteroatoms. The van der Waals surface area contributed by atoms with Crippen LogP contribution in [0.3, 0.4) is 0 Å². The number of hydrogen-bond donors (Lipinski definition) is 1. The van der Waals surface area contributed by atoms with Crippen LogP contribution in [0.1, 0.15) is 39.5 Å². The van der Waals surface area contributed by atoms with Gasteiger partial charge in [-0.3, -0.25) is 14.5 Å². The molecule has 1 aromatic heterocycles. The Kier molecular flexibility index (Phi) is 6.90. The van der Waals surface area contributed by atoms with Gasteiger partial charge in [0.1, 0.15) is 23.9 Å². The van der Waals surface area contributed by atoms with Crippen LogP contribution in [-0.4, -0.2) is 47.6 Å². The Hall–Kier alpha value is -3.45. The molecular weight excluding hydrogens is 611 g/mol. The lowest BCUT2D eigenvalue weighted by Gasteiger charge is -2.23. The highest BCUT2D eigenvalue weighted by molar-refractivity contribution is 14.1. The van der Waals surface area contributed by atoms with Gasteiger partial charge in [-0.05, 0) is 72.3 Å². The Morgan fingerprint density at radius 3 is 2.57 bits per heavy atom. The lowest BCUT2D eigenvalue weighted by Crippen LogP contribution is -2.29. The maximum absolute atomic E-state index is 13.4. The molecule has 1 fully saturated rings. The first-order valence-corrected chi connectivity index (χ1v) is 13.3. The molecule has 2 aliphatic heterocycles. The molecule has 1 atom stereocenters. The zero-order chi connectivity index (χ0) is 26.3. The van der Waals surface area contributed by atoms with Gasteiger partial charge in [0.05, 0.1) is 23.9 Å². The fourth-order valence-corrected chi connectivity index (χ4v) is 5.55. The number of benzene rings is 2. The lowest BCUT2D eigenvalue weighted by molar-refractivity contribution is -0.132. The van der Waals surface area contributed by atoms with Crippen LogP contribution in [0.25, 0.3) is 5.76 Å². The quantitative estimate of drug-likeness (QED) is 0.142. The number of carbonyl (C=O) groups is 3. The molecule has 1 unspecified atom stereocenters. The monoisotopic (exact) mass is 632 g/mol. The molecule has 0 radical (unpaired) electrons. The van der Waals surface area contributed by atoms with E-state index in [4.69, 9.17) is 14.2 Å². The topological polar surface area (TPSA) is 115 Å². The number of ether oxygens (including phenoxy) is 3. The molecule has 2 aliphatic rings. The standard InChI is InChI=1S/C26H21IN2O7S/c1-3-34-25(33)23-13(2)28-26(37-23)29-20(14-4-7-16(27)8-5-14)19(22(31)24(29)32)21(30)15-6-9-17-18(12-15)36-11-10-35-17/h4-9,12,20,30H,3,10-11H2,1-2H3. The summed E-state index contributed by atoms with van der Waals surface area (Å²) in [6, 6.07) is 11.1. The molecule has 190 valence electrons. The van der Waals surface area contributed by atoms with E-state index in [1.165, 1.54) is 4.90 Å². The summed E-state index contributed by atoms with van der Waals surface area (Å²) in [6.07, 6.45) is 0. The first-order valence-electron chi connectivity index (χ1n) is 11.4. The van der Waals surface area contributed by atoms with Crippen molar-refractivity contribution in [2.45, 2.75) is 19.9 Å². The fraction of sp³-hybridized carbons (Fsp3) is 0.231. The van der Waals surface area contributed by atoms with Crippen molar-refractivity contribution < 1.29 is 33.7 Å². The molecule has 0 bridgehead atoms. The van der Waals surface area contributed by atoms with Crippen LogP contribution in [0.4, 0.5) is 5.13 Å². The Morgan fingerprint density at radius 2 is 1.86 bits per heavy atom. The highest BCUT2D eigenvalue weighted by Gasteiger charge is 2.48. The van der Waals surface area contributed by atoms with E-state index >= 15 is 0 Å². The van der Waals surface area contributed by atoms with Crippen molar-refractivity contribution in [2.24, 2.45) is 0 Å². The number of Topliss-reactive ketones (excluding diaryl/α,β-unsaturated/α-hetero) is 1. The zero-order valence-electron chi connectivity index (χ0n) is 19.8. The minimum atomic E-state index is -0.967. The Bertz CT molecular complexity index is 1450. The van der Waals surface area contributed by atoms with Crippen LogP contribution < -0.4 is 14.4 Å². The molecule has 37 heavy (non-hydrogen) atoms. The molecule has 2 aromatic carbocycles. The SMILES string of the molecule is CCOC(=O)c1sc(N2C(=O)C(=O)C(=C(O)c3ccc4c(c3)OCCO4)C2c2ccc(I)cc2)nc1C. The third-order valence-corrected chi connectivity index (χ3v) is 7.75. The molecular formula is C26H21IN2O7S. The number of thiazole rings is 1. The number of fused-ring (bicyclic) bond motifs is 1. The van der Waals surface area contributed by atoms with E-state index < -0.39 is 23.7 Å². The number of hydrogen-bond acceptors (Lipinski definition) is 9. The molecule has 3 aromatic rings. The van der Waals surface area contributed by atoms with Gasteiger partial charge in [0.15, 0.2) is 16.6 Å². The number of aryl methyl sites for hydroxylation is 1. The van der Waals surface area contributed by atoms with Gasteiger partial charge >= 0.3 is 11.9 Å². The summed E-state index contributed by atoms with van der Waals surface area (Å²) < 4.78 is 17.2. The number of aliphatic hydroxyl groups is 1. The van der Waals surface area contributed by atoms with Crippen molar-refractivity contribution in [3.63, 3.8) is 0 Å². The summed E-state index contributed by atoms with van der Waals surface area (Å²) >= 11 is 3.12. The average Bonchev–Trinajstić information content (AvgIpc) is 3.40. The van der Waals surface area contributed by atoms with Crippen LogP contribution in [0, 0.1) is 10.5 Å². The first kappa shape index (κ1) is 25.2. The molecule has 5 rings (SSSR count). The summed E-state index contributed by atoms with van der Waals surface area (Å²) in [5.41, 5.74) is 1.20. The van der Waals surface area contributed by atoms with Crippen LogP contribution in [0.2, 0.25) is 0 Å². The minimum absolute atomic E-state index is 0.0894. The summed E-state index contributed by atoms with van der Waals surface area (Å²) in [5.74, 6) is -1.65. The zero-order valence-corrected chi connectivity index (χ0v) is 22.8. The fourth-order valence-electron chi connectivity index (χ4n) is 4.21. The van der Waals surface area contributed by atoms with E-state index in [1.54, 1.807) is 44.2 Å². The molecule has 1 N–H and O–H groups in total. The van der Waals surface area contributed by atoms with Crippen LogP contribution in [0.15, 0.2) is 48.0 Å². The number of carbonyl (C=O) groups excluding carboxylic acids is 3. The van der Waals surface area contributed by atoms with Crippen molar-refractivity contribution in [1.29, 1.82) is 0 Å². The smallest absolute Gasteiger partial charge is 0.350 e. The number of esters is 1. The number of halogens is 1. The molecule has 0 saturated carbocycles. The molecule has 3 heterocycles. The summed E-state index contributed by atoms with van der Waals surface area (Å²) in [7, 11) is 0. The third kappa shape index (κ3) is 4.57. The maximum Gasteiger partial charge on any atom is 0.350 e. The Labute approximate surface area is 229 Å². The largest absolute Gasteiger partial charge is 0.507 e. The van der Waals surface area contributed by atoms with E-state index in [9.17, 15) is 19.5 Å². The summed E-state index contributed by atoms with van der Waals surface area (Å²) in [5, 5.41) is 11.5. The Balaban J connectivity index is 1.66. The van der Waals surface area contributed by atoms with Gasteiger partial charge in [-0.25, -0.2) is 9.78 Å². The number of rotatable bonds is 5. The number of aliphatic hydroxyl groups excluding tert-OH is 1.